The third kappa shape index (κ3) is 9.75. The van der Waals surface area contributed by atoms with Gasteiger partial charge in [0.25, 0.3) is 0 Å². The fourth-order valence-electron chi connectivity index (χ4n) is 1.94. The largest absolute Gasteiger partial charge is 0.484 e. The first-order chi connectivity index (χ1) is 12.0. The molecular weight excluding hydrogens is 349 g/mol. The van der Waals surface area contributed by atoms with Crippen LogP contribution in [-0.4, -0.2) is 43.8 Å². The van der Waals surface area contributed by atoms with Gasteiger partial charge in [-0.15, -0.1) is 0 Å². The van der Waals surface area contributed by atoms with Gasteiger partial charge in [-0.1, -0.05) is 12.1 Å². The van der Waals surface area contributed by atoms with E-state index in [9.17, 15) is 18.0 Å². The Morgan fingerprint density at radius 1 is 1.19 bits per heavy atom. The molecule has 26 heavy (non-hydrogen) atoms. The van der Waals surface area contributed by atoms with Crippen molar-refractivity contribution in [1.82, 2.24) is 16.0 Å². The van der Waals surface area contributed by atoms with Crippen LogP contribution >= 0.6 is 0 Å². The maximum atomic E-state index is 12.2. The van der Waals surface area contributed by atoms with E-state index in [4.69, 9.17) is 4.74 Å². The highest BCUT2D eigenvalue weighted by molar-refractivity contribution is 5.86. The van der Waals surface area contributed by atoms with Gasteiger partial charge in [0.1, 0.15) is 5.75 Å². The predicted molar refractivity (Wildman–Crippen MR) is 94.1 cm³/mol. The van der Waals surface area contributed by atoms with Gasteiger partial charge in [0.2, 0.25) is 5.91 Å². The molecule has 0 heterocycles. The molecule has 1 amide bonds. The maximum Gasteiger partial charge on any atom is 0.422 e. The number of guanidine groups is 1. The van der Waals surface area contributed by atoms with Gasteiger partial charge in [0, 0.05) is 19.1 Å². The highest BCUT2D eigenvalue weighted by Gasteiger charge is 2.28. The highest BCUT2D eigenvalue weighted by atomic mass is 19.4. The molecule has 0 atom stereocenters. The van der Waals surface area contributed by atoms with E-state index in [-0.39, 0.29) is 23.7 Å². The van der Waals surface area contributed by atoms with Gasteiger partial charge in [-0.25, -0.2) is 0 Å². The molecule has 1 rings (SSSR count). The van der Waals surface area contributed by atoms with Crippen LogP contribution < -0.4 is 20.7 Å². The summed E-state index contributed by atoms with van der Waals surface area (Å²) >= 11 is 0. The zero-order valence-electron chi connectivity index (χ0n) is 15.3. The van der Waals surface area contributed by atoms with Crippen molar-refractivity contribution in [3.63, 3.8) is 0 Å². The molecule has 0 unspecified atom stereocenters. The number of alkyl halides is 3. The number of benzene rings is 1. The number of rotatable bonds is 6. The zero-order chi connectivity index (χ0) is 19.8. The van der Waals surface area contributed by atoms with Crippen LogP contribution in [-0.2, 0) is 11.3 Å². The van der Waals surface area contributed by atoms with Crippen LogP contribution in [0.2, 0.25) is 0 Å². The molecule has 0 radical (unpaired) electrons. The van der Waals surface area contributed by atoms with Gasteiger partial charge >= 0.3 is 6.18 Å². The quantitative estimate of drug-likeness (QED) is 0.527. The third-order valence-corrected chi connectivity index (χ3v) is 2.92. The van der Waals surface area contributed by atoms with E-state index in [0.29, 0.717) is 18.1 Å². The van der Waals surface area contributed by atoms with Crippen LogP contribution in [0.3, 0.4) is 0 Å². The van der Waals surface area contributed by atoms with Crippen molar-refractivity contribution in [1.29, 1.82) is 0 Å². The molecule has 146 valence electrons. The van der Waals surface area contributed by atoms with Crippen LogP contribution in [0.25, 0.3) is 0 Å². The number of ether oxygens (including phenoxy) is 1. The van der Waals surface area contributed by atoms with Gasteiger partial charge < -0.3 is 20.7 Å². The van der Waals surface area contributed by atoms with Gasteiger partial charge in [-0.05, 0) is 38.5 Å². The first-order valence-electron chi connectivity index (χ1n) is 8.02. The minimum atomic E-state index is -4.38. The molecule has 0 bridgehead atoms. The second kappa shape index (κ2) is 9.30. The van der Waals surface area contributed by atoms with Gasteiger partial charge in [0.05, 0.1) is 6.54 Å². The summed E-state index contributed by atoms with van der Waals surface area (Å²) in [5.41, 5.74) is 0.388. The lowest BCUT2D eigenvalue weighted by atomic mass is 10.1. The Morgan fingerprint density at radius 3 is 2.46 bits per heavy atom. The Balaban J connectivity index is 2.50. The number of hydrogen-bond donors (Lipinski definition) is 3. The third-order valence-electron chi connectivity index (χ3n) is 2.92. The Bertz CT molecular complexity index is 625. The lowest BCUT2D eigenvalue weighted by molar-refractivity contribution is -0.153. The summed E-state index contributed by atoms with van der Waals surface area (Å²) < 4.78 is 41.3. The van der Waals surface area contributed by atoms with Gasteiger partial charge in [-0.2, -0.15) is 13.2 Å². The fourth-order valence-corrected chi connectivity index (χ4v) is 1.94. The SMILES string of the molecule is CN=C(NCC(=O)NC(C)(C)C)NCc1cccc(OCC(F)(F)F)c1. The number of nitrogens with one attached hydrogen (secondary N) is 3. The maximum absolute atomic E-state index is 12.2. The smallest absolute Gasteiger partial charge is 0.422 e. The number of carbonyl (C=O) groups is 1. The van der Waals surface area contributed by atoms with Crippen molar-refractivity contribution in [3.8, 4) is 5.75 Å². The summed E-state index contributed by atoms with van der Waals surface area (Å²) in [6.07, 6.45) is -4.38. The predicted octanol–water partition coefficient (Wildman–Crippen LogP) is 2.21. The van der Waals surface area contributed by atoms with Crippen LogP contribution in [0.1, 0.15) is 26.3 Å². The first-order valence-corrected chi connectivity index (χ1v) is 8.02. The Labute approximate surface area is 151 Å². The van der Waals surface area contributed by atoms with E-state index in [1.807, 2.05) is 20.8 Å². The number of aliphatic imine (C=N–C) groups is 1. The van der Waals surface area contributed by atoms with Gasteiger partial charge in [-0.3, -0.25) is 9.79 Å². The fraction of sp³-hybridized carbons (Fsp3) is 0.529. The monoisotopic (exact) mass is 374 g/mol. The molecular formula is C17H25F3N4O2. The Morgan fingerprint density at radius 2 is 1.88 bits per heavy atom. The summed E-state index contributed by atoms with van der Waals surface area (Å²) in [5.74, 6) is 0.354. The lowest BCUT2D eigenvalue weighted by Gasteiger charge is -2.21. The molecule has 0 aliphatic rings. The summed E-state index contributed by atoms with van der Waals surface area (Å²) in [7, 11) is 1.56. The molecule has 1 aromatic rings. The van der Waals surface area contributed by atoms with Crippen molar-refractivity contribution in [2.45, 2.75) is 39.0 Å². The molecule has 0 spiro atoms. The summed E-state index contributed by atoms with van der Waals surface area (Å²) in [6.45, 7) is 4.66. The van der Waals surface area contributed by atoms with Crippen LogP contribution in [0.4, 0.5) is 13.2 Å². The standard InChI is InChI=1S/C17H25F3N4O2/c1-16(2,3)24-14(25)10-23-15(21-4)22-9-12-6-5-7-13(8-12)26-11-17(18,19)20/h5-8H,9-11H2,1-4H3,(H,24,25)(H2,21,22,23). The normalized spacial score (nSPS) is 12.5. The van der Waals surface area contributed by atoms with Crippen LogP contribution in [0.15, 0.2) is 29.3 Å². The van der Waals surface area contributed by atoms with Crippen molar-refractivity contribution in [3.05, 3.63) is 29.8 Å². The van der Waals surface area contributed by atoms with Crippen molar-refractivity contribution >= 4 is 11.9 Å². The second-order valence-corrected chi connectivity index (χ2v) is 6.63. The Hall–Kier alpha value is -2.45. The summed E-state index contributed by atoms with van der Waals surface area (Å²) in [6, 6.07) is 6.32. The molecule has 9 heteroatoms. The molecule has 1 aromatic carbocycles. The van der Waals surface area contributed by atoms with E-state index < -0.39 is 12.8 Å². The Kier molecular flexibility index (Phi) is 7.73. The topological polar surface area (TPSA) is 74.8 Å². The molecule has 0 aromatic heterocycles. The minimum Gasteiger partial charge on any atom is -0.484 e. The summed E-state index contributed by atoms with van der Waals surface area (Å²) in [4.78, 5) is 15.8. The second-order valence-electron chi connectivity index (χ2n) is 6.63. The number of hydrogen-bond acceptors (Lipinski definition) is 3. The van der Waals surface area contributed by atoms with Crippen molar-refractivity contribution in [2.24, 2.45) is 4.99 Å². The van der Waals surface area contributed by atoms with Crippen molar-refractivity contribution in [2.75, 3.05) is 20.2 Å². The van der Waals surface area contributed by atoms with Crippen molar-refractivity contribution < 1.29 is 22.7 Å². The highest BCUT2D eigenvalue weighted by Crippen LogP contribution is 2.19. The molecule has 0 saturated carbocycles. The average Bonchev–Trinajstić information content (AvgIpc) is 2.51. The molecule has 3 N–H and O–H groups in total. The molecule has 0 aliphatic carbocycles. The van der Waals surface area contributed by atoms with E-state index in [0.717, 1.165) is 0 Å². The molecule has 0 saturated heterocycles. The number of carbonyl (C=O) groups excluding carboxylic acids is 1. The summed E-state index contributed by atoms with van der Waals surface area (Å²) in [5, 5.41) is 8.67. The number of amides is 1. The van der Waals surface area contributed by atoms with E-state index in [2.05, 4.69) is 20.9 Å². The van der Waals surface area contributed by atoms with E-state index in [1.165, 1.54) is 12.1 Å². The minimum absolute atomic E-state index is 0.0473. The van der Waals surface area contributed by atoms with E-state index in [1.54, 1.807) is 19.2 Å². The number of nitrogens with zero attached hydrogens (tertiary/aromatic N) is 1. The molecule has 0 aliphatic heterocycles. The molecule has 6 nitrogen and oxygen atoms in total. The van der Waals surface area contributed by atoms with Crippen LogP contribution in [0.5, 0.6) is 5.75 Å². The van der Waals surface area contributed by atoms with Gasteiger partial charge in [0.15, 0.2) is 12.6 Å². The first kappa shape index (κ1) is 21.6. The van der Waals surface area contributed by atoms with Crippen LogP contribution in [0, 0.1) is 0 Å². The number of halogens is 3. The average molecular weight is 374 g/mol. The van der Waals surface area contributed by atoms with E-state index >= 15 is 0 Å². The lowest BCUT2D eigenvalue weighted by Crippen LogP contribution is -2.48. The zero-order valence-corrected chi connectivity index (χ0v) is 15.3. The molecule has 0 fully saturated rings.